The third-order valence-electron chi connectivity index (χ3n) is 5.51. The molecular weight excluding hydrogens is 514 g/mol. The number of primary amides is 1. The van der Waals surface area contributed by atoms with Gasteiger partial charge in [0, 0.05) is 24.9 Å². The Hall–Kier alpha value is -4.25. The Bertz CT molecular complexity index is 981. The number of rotatable bonds is 19. The lowest BCUT2D eigenvalue weighted by atomic mass is 10.0. The van der Waals surface area contributed by atoms with E-state index < -0.39 is 60.2 Å². The van der Waals surface area contributed by atoms with Gasteiger partial charge in [-0.1, -0.05) is 0 Å². The molecule has 4 unspecified atom stereocenters. The highest BCUT2D eigenvalue weighted by Crippen LogP contribution is 2.06. The summed E-state index contributed by atoms with van der Waals surface area (Å²) < 4.78 is 0. The summed E-state index contributed by atoms with van der Waals surface area (Å²) in [6.45, 7) is 0.490. The summed E-state index contributed by atoms with van der Waals surface area (Å²) in [6, 6.07) is -4.97. The Balaban J connectivity index is 2.93. The number of aromatic nitrogens is 2. The number of aliphatic carboxylic acids is 1. The molecule has 1 rings (SSSR count). The summed E-state index contributed by atoms with van der Waals surface area (Å²) in [6.07, 6.45) is 3.87. The number of amides is 4. The van der Waals surface area contributed by atoms with E-state index in [0.717, 1.165) is 0 Å². The predicted octanol–water partition coefficient (Wildman–Crippen LogP) is -4.12. The quantitative estimate of drug-likeness (QED) is 0.0445. The van der Waals surface area contributed by atoms with Gasteiger partial charge in [0.2, 0.25) is 23.6 Å². The van der Waals surface area contributed by atoms with E-state index in [2.05, 4.69) is 30.9 Å². The zero-order chi connectivity index (χ0) is 29.4. The van der Waals surface area contributed by atoms with Gasteiger partial charge in [-0.2, -0.15) is 0 Å². The molecule has 0 aliphatic heterocycles. The van der Waals surface area contributed by atoms with Gasteiger partial charge in [-0.05, 0) is 38.6 Å². The minimum atomic E-state index is -1.50. The number of nitrogens with two attached hydrogens (primary N) is 5. The van der Waals surface area contributed by atoms with Crippen molar-refractivity contribution >= 4 is 35.6 Å². The van der Waals surface area contributed by atoms with Crippen LogP contribution in [-0.2, 0) is 30.4 Å². The van der Waals surface area contributed by atoms with Crippen molar-refractivity contribution in [2.24, 2.45) is 33.7 Å². The molecule has 17 nitrogen and oxygen atoms in total. The number of nitrogens with one attached hydrogen (secondary N) is 4. The molecule has 0 saturated heterocycles. The van der Waals surface area contributed by atoms with Gasteiger partial charge in [-0.15, -0.1) is 0 Å². The molecule has 4 amide bonds. The van der Waals surface area contributed by atoms with E-state index in [-0.39, 0.29) is 38.2 Å². The number of guanidine groups is 1. The monoisotopic (exact) mass is 553 g/mol. The highest BCUT2D eigenvalue weighted by molar-refractivity contribution is 5.96. The van der Waals surface area contributed by atoms with Crippen molar-refractivity contribution in [2.45, 2.75) is 69.1 Å². The average Bonchev–Trinajstić information content (AvgIpc) is 3.37. The molecule has 15 N–H and O–H groups in total. The third kappa shape index (κ3) is 13.2. The van der Waals surface area contributed by atoms with Gasteiger partial charge in [0.25, 0.3) is 0 Å². The number of unbranched alkanes of at least 4 members (excludes halogenated alkanes) is 1. The number of carboxylic acid groups (broad SMARTS) is 1. The Kier molecular flexibility index (Phi) is 14.5. The Morgan fingerprint density at radius 1 is 0.923 bits per heavy atom. The van der Waals surface area contributed by atoms with Crippen molar-refractivity contribution in [3.8, 4) is 0 Å². The number of nitrogens with zero attached hydrogens (tertiary/aromatic N) is 2. The maximum Gasteiger partial charge on any atom is 0.326 e. The Morgan fingerprint density at radius 3 is 2.10 bits per heavy atom. The summed E-state index contributed by atoms with van der Waals surface area (Å²) in [5.74, 6) is -4.77. The number of imidazole rings is 1. The van der Waals surface area contributed by atoms with Crippen molar-refractivity contribution < 1.29 is 29.1 Å². The second kappa shape index (κ2) is 17.3. The van der Waals surface area contributed by atoms with Crippen LogP contribution < -0.4 is 44.6 Å². The maximum atomic E-state index is 13.1. The molecule has 0 aromatic carbocycles. The zero-order valence-electron chi connectivity index (χ0n) is 21.6. The number of hydrogen-bond acceptors (Lipinski definition) is 9. The lowest BCUT2D eigenvalue weighted by Crippen LogP contribution is -2.57. The highest BCUT2D eigenvalue weighted by atomic mass is 16.4. The SMILES string of the molecule is NCCCCC(NC(=O)C(N)Cc1cnc[nH]1)C(=O)NC(CC(N)=O)C(=O)NC(CCCN=C(N)N)C(=O)O. The minimum absolute atomic E-state index is 0.0267. The van der Waals surface area contributed by atoms with Crippen LogP contribution in [0.15, 0.2) is 17.5 Å². The van der Waals surface area contributed by atoms with Crippen LogP contribution in [0.4, 0.5) is 0 Å². The minimum Gasteiger partial charge on any atom is -0.480 e. The fourth-order valence-corrected chi connectivity index (χ4v) is 3.48. The first-order valence-electron chi connectivity index (χ1n) is 12.3. The molecule has 0 spiro atoms. The van der Waals surface area contributed by atoms with Gasteiger partial charge in [-0.3, -0.25) is 24.2 Å². The van der Waals surface area contributed by atoms with Crippen LogP contribution in [0, 0.1) is 0 Å². The molecule has 0 radical (unpaired) electrons. The van der Waals surface area contributed by atoms with Crippen LogP contribution in [0.25, 0.3) is 0 Å². The van der Waals surface area contributed by atoms with E-state index in [1.54, 1.807) is 0 Å². The lowest BCUT2D eigenvalue weighted by Gasteiger charge is -2.24. The smallest absolute Gasteiger partial charge is 0.326 e. The van der Waals surface area contributed by atoms with Gasteiger partial charge < -0.3 is 54.7 Å². The van der Waals surface area contributed by atoms with Crippen molar-refractivity contribution in [2.75, 3.05) is 13.1 Å². The standard InChI is InChI=1S/C22H39N11O6/c23-6-2-1-4-14(31-18(35)13(24)8-12-10-28-11-30-12)19(36)33-16(9-17(25)34)20(37)32-15(21(38)39)5-3-7-29-22(26)27/h10-11,13-16H,1-9,23-24H2,(H2,25,34)(H,28,30)(H,31,35)(H,32,37)(H,33,36)(H,38,39)(H4,26,27,29). The molecule has 1 aromatic rings. The molecule has 218 valence electrons. The largest absolute Gasteiger partial charge is 0.480 e. The fraction of sp³-hybridized carbons (Fsp3) is 0.591. The van der Waals surface area contributed by atoms with Crippen LogP contribution in [0.5, 0.6) is 0 Å². The predicted molar refractivity (Wildman–Crippen MR) is 140 cm³/mol. The van der Waals surface area contributed by atoms with E-state index in [9.17, 15) is 29.1 Å². The van der Waals surface area contributed by atoms with Crippen molar-refractivity contribution in [1.29, 1.82) is 0 Å². The molecule has 0 fully saturated rings. The van der Waals surface area contributed by atoms with Crippen LogP contribution >= 0.6 is 0 Å². The van der Waals surface area contributed by atoms with Gasteiger partial charge in [-0.25, -0.2) is 9.78 Å². The molecule has 4 atom stereocenters. The molecule has 39 heavy (non-hydrogen) atoms. The lowest BCUT2D eigenvalue weighted by molar-refractivity contribution is -0.142. The number of H-pyrrole nitrogens is 1. The van der Waals surface area contributed by atoms with Gasteiger partial charge in [0.05, 0.1) is 18.8 Å². The average molecular weight is 554 g/mol. The van der Waals surface area contributed by atoms with E-state index in [1.165, 1.54) is 12.5 Å². The van der Waals surface area contributed by atoms with Crippen LogP contribution in [-0.4, -0.2) is 87.9 Å². The van der Waals surface area contributed by atoms with E-state index in [1.807, 2.05) is 0 Å². The molecule has 17 heteroatoms. The molecule has 0 bridgehead atoms. The molecule has 0 aliphatic carbocycles. The molecule has 0 aliphatic rings. The Labute approximate surface area is 225 Å². The molecule has 1 heterocycles. The Morgan fingerprint density at radius 2 is 1.54 bits per heavy atom. The first kappa shape index (κ1) is 32.8. The van der Waals surface area contributed by atoms with Gasteiger partial charge in [0.15, 0.2) is 5.96 Å². The highest BCUT2D eigenvalue weighted by Gasteiger charge is 2.31. The van der Waals surface area contributed by atoms with Crippen molar-refractivity contribution in [3.63, 3.8) is 0 Å². The van der Waals surface area contributed by atoms with Crippen molar-refractivity contribution in [3.05, 3.63) is 18.2 Å². The summed E-state index contributed by atoms with van der Waals surface area (Å²) in [7, 11) is 0. The number of carbonyl (C=O) groups is 5. The number of carbonyl (C=O) groups excluding carboxylic acids is 4. The normalized spacial score (nSPS) is 13.8. The topological polar surface area (TPSA) is 313 Å². The summed E-state index contributed by atoms with van der Waals surface area (Å²) in [5, 5.41) is 16.7. The van der Waals surface area contributed by atoms with Crippen LogP contribution in [0.2, 0.25) is 0 Å². The number of aromatic amines is 1. The molecule has 0 saturated carbocycles. The summed E-state index contributed by atoms with van der Waals surface area (Å²) >= 11 is 0. The summed E-state index contributed by atoms with van der Waals surface area (Å²) in [4.78, 5) is 72.3. The van der Waals surface area contributed by atoms with Gasteiger partial charge >= 0.3 is 5.97 Å². The molecular formula is C22H39N11O6. The molecule has 1 aromatic heterocycles. The maximum absolute atomic E-state index is 13.1. The van der Waals surface area contributed by atoms with Crippen LogP contribution in [0.3, 0.4) is 0 Å². The second-order valence-corrected chi connectivity index (χ2v) is 8.81. The second-order valence-electron chi connectivity index (χ2n) is 8.81. The number of aliphatic imine (C=N–C) groups is 1. The van der Waals surface area contributed by atoms with Crippen molar-refractivity contribution in [1.82, 2.24) is 25.9 Å². The van der Waals surface area contributed by atoms with E-state index >= 15 is 0 Å². The summed E-state index contributed by atoms with van der Waals surface area (Å²) in [5.41, 5.74) is 27.8. The van der Waals surface area contributed by atoms with E-state index in [4.69, 9.17) is 28.7 Å². The van der Waals surface area contributed by atoms with E-state index in [0.29, 0.717) is 25.1 Å². The third-order valence-corrected chi connectivity index (χ3v) is 5.51. The zero-order valence-corrected chi connectivity index (χ0v) is 21.6. The van der Waals surface area contributed by atoms with Gasteiger partial charge in [0.1, 0.15) is 18.1 Å². The number of hydrogen-bond donors (Lipinski definition) is 10. The van der Waals surface area contributed by atoms with Crippen LogP contribution in [0.1, 0.15) is 44.2 Å². The number of carboxylic acids is 1. The first-order chi connectivity index (χ1) is 18.4. The first-order valence-corrected chi connectivity index (χ1v) is 12.3. The fourth-order valence-electron chi connectivity index (χ4n) is 3.48.